The summed E-state index contributed by atoms with van der Waals surface area (Å²) in [4.78, 5) is 24.1. The summed E-state index contributed by atoms with van der Waals surface area (Å²) in [7, 11) is 1.31. The average molecular weight is 454 g/mol. The third kappa shape index (κ3) is 4.59. The third-order valence-corrected chi connectivity index (χ3v) is 5.02. The summed E-state index contributed by atoms with van der Waals surface area (Å²) in [5, 5.41) is 7.89. The first kappa shape index (κ1) is 20.1. The molecule has 28 heavy (non-hydrogen) atoms. The maximum Gasteiger partial charge on any atom is 0.319 e. The van der Waals surface area contributed by atoms with Gasteiger partial charge in [0.05, 0.1) is 7.11 Å². The zero-order chi connectivity index (χ0) is 20.3. The number of piperidine rings is 1. The van der Waals surface area contributed by atoms with Crippen LogP contribution in [-0.4, -0.2) is 31.6 Å². The molecule has 2 unspecified atom stereocenters. The van der Waals surface area contributed by atoms with Gasteiger partial charge in [0.25, 0.3) is 0 Å². The number of hydrogen-bond acceptors (Lipinski definition) is 3. The first-order valence-electron chi connectivity index (χ1n) is 8.50. The highest BCUT2D eigenvalue weighted by Gasteiger charge is 2.35. The van der Waals surface area contributed by atoms with Crippen LogP contribution in [-0.2, 0) is 4.79 Å². The second-order valence-electron chi connectivity index (χ2n) is 6.33. The molecule has 0 radical (unpaired) electrons. The zero-order valence-electron chi connectivity index (χ0n) is 14.9. The summed E-state index contributed by atoms with van der Waals surface area (Å²) < 4.78 is 34.7. The van der Waals surface area contributed by atoms with Crippen molar-refractivity contribution in [2.24, 2.45) is 0 Å². The monoisotopic (exact) mass is 453 g/mol. The summed E-state index contributed by atoms with van der Waals surface area (Å²) >= 11 is 3.30. The number of carbonyl (C=O) groups is 2. The molecule has 1 aliphatic rings. The topological polar surface area (TPSA) is 79.5 Å². The van der Waals surface area contributed by atoms with Crippen LogP contribution in [0.1, 0.15) is 17.9 Å². The molecule has 6 nitrogen and oxygen atoms in total. The van der Waals surface area contributed by atoms with Crippen molar-refractivity contribution in [2.75, 3.05) is 19.0 Å². The second kappa shape index (κ2) is 8.55. The minimum absolute atomic E-state index is 0.00221. The predicted molar refractivity (Wildman–Crippen MR) is 103 cm³/mol. The van der Waals surface area contributed by atoms with Crippen LogP contribution in [0.25, 0.3) is 0 Å². The lowest BCUT2D eigenvalue weighted by atomic mass is 9.86. The van der Waals surface area contributed by atoms with Crippen molar-refractivity contribution in [1.82, 2.24) is 10.6 Å². The first-order valence-corrected chi connectivity index (χ1v) is 9.29. The Kier molecular flexibility index (Phi) is 6.13. The van der Waals surface area contributed by atoms with Gasteiger partial charge in [-0.3, -0.25) is 4.79 Å². The van der Waals surface area contributed by atoms with E-state index in [0.29, 0.717) is 5.69 Å². The van der Waals surface area contributed by atoms with Gasteiger partial charge in [-0.05, 0) is 24.3 Å². The standard InChI is InChI=1S/C19H18BrF2N3O3/c1-28-12-6-14(21)18(15(22)7-12)13-9-23-17(26)8-16(13)25-19(27)24-11-4-2-10(20)3-5-11/h2-7,13,16H,8-9H2,1H3,(H,23,26)(H2,24,25,27). The zero-order valence-corrected chi connectivity index (χ0v) is 16.5. The Bertz CT molecular complexity index is 869. The van der Waals surface area contributed by atoms with Crippen molar-refractivity contribution in [2.45, 2.75) is 18.4 Å². The van der Waals surface area contributed by atoms with Gasteiger partial charge in [-0.2, -0.15) is 0 Å². The van der Waals surface area contributed by atoms with Gasteiger partial charge in [0.2, 0.25) is 5.91 Å². The summed E-state index contributed by atoms with van der Waals surface area (Å²) in [6, 6.07) is 7.71. The van der Waals surface area contributed by atoms with Gasteiger partial charge in [0, 0.05) is 52.8 Å². The Morgan fingerprint density at radius 1 is 1.21 bits per heavy atom. The van der Waals surface area contributed by atoms with Crippen molar-refractivity contribution in [3.63, 3.8) is 0 Å². The number of rotatable bonds is 4. The van der Waals surface area contributed by atoms with Crippen LogP contribution in [0.4, 0.5) is 19.3 Å². The molecule has 9 heteroatoms. The molecule has 1 fully saturated rings. The van der Waals surface area contributed by atoms with E-state index in [-0.39, 0.29) is 30.2 Å². The van der Waals surface area contributed by atoms with E-state index in [1.165, 1.54) is 7.11 Å². The summed E-state index contributed by atoms with van der Waals surface area (Å²) in [5.41, 5.74) is 0.342. The number of amides is 3. The van der Waals surface area contributed by atoms with E-state index in [9.17, 15) is 18.4 Å². The minimum atomic E-state index is -0.793. The second-order valence-corrected chi connectivity index (χ2v) is 7.25. The van der Waals surface area contributed by atoms with Crippen LogP contribution >= 0.6 is 15.9 Å². The van der Waals surface area contributed by atoms with Gasteiger partial charge in [-0.1, -0.05) is 15.9 Å². The number of benzene rings is 2. The molecule has 0 aromatic heterocycles. The van der Waals surface area contributed by atoms with Gasteiger partial charge in [0.15, 0.2) is 0 Å². The average Bonchev–Trinajstić information content (AvgIpc) is 2.64. The minimum Gasteiger partial charge on any atom is -0.497 e. The smallest absolute Gasteiger partial charge is 0.319 e. The van der Waals surface area contributed by atoms with E-state index >= 15 is 0 Å². The van der Waals surface area contributed by atoms with E-state index in [2.05, 4.69) is 31.9 Å². The Morgan fingerprint density at radius 3 is 2.46 bits per heavy atom. The molecule has 0 bridgehead atoms. The van der Waals surface area contributed by atoms with E-state index in [4.69, 9.17) is 4.74 Å². The molecule has 0 spiro atoms. The summed E-state index contributed by atoms with van der Waals surface area (Å²) in [6.45, 7) is 0.00221. The molecule has 3 N–H and O–H groups in total. The fourth-order valence-corrected chi connectivity index (χ4v) is 3.40. The number of hydrogen-bond donors (Lipinski definition) is 3. The Morgan fingerprint density at radius 2 is 1.86 bits per heavy atom. The van der Waals surface area contributed by atoms with Crippen molar-refractivity contribution >= 4 is 33.6 Å². The van der Waals surface area contributed by atoms with Crippen LogP contribution in [0.15, 0.2) is 40.9 Å². The molecule has 1 saturated heterocycles. The number of nitrogens with one attached hydrogen (secondary N) is 3. The largest absolute Gasteiger partial charge is 0.497 e. The lowest BCUT2D eigenvalue weighted by molar-refractivity contribution is -0.123. The molecule has 0 saturated carbocycles. The molecule has 3 rings (SSSR count). The molecule has 1 heterocycles. The molecule has 3 amide bonds. The van der Waals surface area contributed by atoms with Gasteiger partial charge < -0.3 is 20.7 Å². The van der Waals surface area contributed by atoms with Gasteiger partial charge in [-0.15, -0.1) is 0 Å². The van der Waals surface area contributed by atoms with Gasteiger partial charge in [-0.25, -0.2) is 13.6 Å². The first-order chi connectivity index (χ1) is 13.4. The number of halogens is 3. The van der Waals surface area contributed by atoms with Crippen LogP contribution in [0.3, 0.4) is 0 Å². The quantitative estimate of drug-likeness (QED) is 0.662. The van der Waals surface area contributed by atoms with Gasteiger partial charge in [0.1, 0.15) is 17.4 Å². The molecule has 148 valence electrons. The SMILES string of the molecule is COc1cc(F)c(C2CNC(=O)CC2NC(=O)Nc2ccc(Br)cc2)c(F)c1. The van der Waals surface area contributed by atoms with Crippen LogP contribution in [0.2, 0.25) is 0 Å². The highest BCUT2D eigenvalue weighted by molar-refractivity contribution is 9.10. The number of carbonyl (C=O) groups excluding carboxylic acids is 2. The molecule has 2 atom stereocenters. The maximum atomic E-state index is 14.5. The van der Waals surface area contributed by atoms with Crippen LogP contribution in [0, 0.1) is 11.6 Å². The number of ether oxygens (including phenoxy) is 1. The molecular formula is C19H18BrF2N3O3. The van der Waals surface area contributed by atoms with Crippen molar-refractivity contribution in [1.29, 1.82) is 0 Å². The van der Waals surface area contributed by atoms with Crippen LogP contribution < -0.4 is 20.7 Å². The van der Waals surface area contributed by atoms with Crippen LogP contribution in [0.5, 0.6) is 5.75 Å². The Hall–Kier alpha value is -2.68. The van der Waals surface area contributed by atoms with Crippen molar-refractivity contribution in [3.05, 3.63) is 58.1 Å². The fraction of sp³-hybridized carbons (Fsp3) is 0.263. The summed E-state index contributed by atoms with van der Waals surface area (Å²) in [5.74, 6) is -2.61. The lowest BCUT2D eigenvalue weighted by Crippen LogP contribution is -2.51. The number of methoxy groups -OCH3 is 1. The van der Waals surface area contributed by atoms with Crippen molar-refractivity contribution in [3.8, 4) is 5.75 Å². The number of anilines is 1. The van der Waals surface area contributed by atoms with E-state index < -0.39 is 29.6 Å². The number of urea groups is 1. The van der Waals surface area contributed by atoms with E-state index in [0.717, 1.165) is 16.6 Å². The summed E-state index contributed by atoms with van der Waals surface area (Å²) in [6.07, 6.45) is -0.0939. The van der Waals surface area contributed by atoms with E-state index in [1.54, 1.807) is 24.3 Å². The predicted octanol–water partition coefficient (Wildman–Crippen LogP) is 3.53. The van der Waals surface area contributed by atoms with Crippen molar-refractivity contribution < 1.29 is 23.1 Å². The molecule has 0 aliphatic carbocycles. The maximum absolute atomic E-state index is 14.5. The van der Waals surface area contributed by atoms with Gasteiger partial charge >= 0.3 is 6.03 Å². The lowest BCUT2D eigenvalue weighted by Gasteiger charge is -2.33. The highest BCUT2D eigenvalue weighted by Crippen LogP contribution is 2.31. The molecule has 2 aromatic rings. The molecular weight excluding hydrogens is 436 g/mol. The molecule has 1 aliphatic heterocycles. The Balaban J connectivity index is 1.80. The Labute approximate surface area is 168 Å². The van der Waals surface area contributed by atoms with E-state index in [1.807, 2.05) is 0 Å². The third-order valence-electron chi connectivity index (χ3n) is 4.49. The fourth-order valence-electron chi connectivity index (χ4n) is 3.14. The molecule has 2 aromatic carbocycles. The normalized spacial score (nSPS) is 18.9. The highest BCUT2D eigenvalue weighted by atomic mass is 79.9.